The summed E-state index contributed by atoms with van der Waals surface area (Å²) in [6.07, 6.45) is 4.13. The predicted octanol–water partition coefficient (Wildman–Crippen LogP) is 3.10. The molecule has 2 aliphatic rings. The van der Waals surface area contributed by atoms with E-state index in [0.717, 1.165) is 40.7 Å². The molecule has 1 saturated carbocycles. The van der Waals surface area contributed by atoms with E-state index in [2.05, 4.69) is 18.0 Å². The minimum Gasteiger partial charge on any atom is -0.379 e. The summed E-state index contributed by atoms with van der Waals surface area (Å²) >= 11 is 0. The van der Waals surface area contributed by atoms with Gasteiger partial charge in [-0.25, -0.2) is 0 Å². The summed E-state index contributed by atoms with van der Waals surface area (Å²) in [4.78, 5) is 19.6. The number of nitrogens with zero attached hydrogens (tertiary/aromatic N) is 2. The van der Waals surface area contributed by atoms with Gasteiger partial charge >= 0.3 is 0 Å². The Morgan fingerprint density at radius 1 is 1.30 bits per heavy atom. The lowest BCUT2D eigenvalue weighted by molar-refractivity contribution is 0.0736. The molecule has 1 spiro atoms. The number of aromatic nitrogens is 1. The monoisotopic (exact) mass is 310 g/mol. The first-order chi connectivity index (χ1) is 11.1. The summed E-state index contributed by atoms with van der Waals surface area (Å²) in [6.45, 7) is 7.01. The van der Waals surface area contributed by atoms with Crippen LogP contribution in [0.15, 0.2) is 24.4 Å². The molecule has 2 aromatic rings. The maximum atomic E-state index is 13.2. The molecule has 0 N–H and O–H groups in total. The van der Waals surface area contributed by atoms with Crippen LogP contribution < -0.4 is 0 Å². The maximum absolute atomic E-state index is 13.2. The first-order valence-electron chi connectivity index (χ1n) is 8.31. The Labute approximate surface area is 136 Å². The lowest BCUT2D eigenvalue weighted by Gasteiger charge is -2.24. The van der Waals surface area contributed by atoms with Crippen LogP contribution in [0.3, 0.4) is 0 Å². The summed E-state index contributed by atoms with van der Waals surface area (Å²) in [6, 6.07) is 6.08. The van der Waals surface area contributed by atoms with E-state index < -0.39 is 0 Å². The second kappa shape index (κ2) is 5.31. The Morgan fingerprint density at radius 3 is 2.91 bits per heavy atom. The van der Waals surface area contributed by atoms with Crippen molar-refractivity contribution in [1.29, 1.82) is 0 Å². The minimum absolute atomic E-state index is 0.0913. The van der Waals surface area contributed by atoms with Crippen LogP contribution in [0.4, 0.5) is 0 Å². The number of aryl methyl sites for hydroxylation is 2. The van der Waals surface area contributed by atoms with E-state index >= 15 is 0 Å². The van der Waals surface area contributed by atoms with Crippen molar-refractivity contribution in [3.63, 3.8) is 0 Å². The van der Waals surface area contributed by atoms with Crippen molar-refractivity contribution in [1.82, 2.24) is 9.88 Å². The molecule has 2 fully saturated rings. The van der Waals surface area contributed by atoms with Gasteiger partial charge in [0, 0.05) is 30.1 Å². The summed E-state index contributed by atoms with van der Waals surface area (Å²) in [5.74, 6) is 0.0913. The average Bonchev–Trinajstić information content (AvgIpc) is 3.33. The molecule has 4 nitrogen and oxygen atoms in total. The molecule has 4 heteroatoms. The highest BCUT2D eigenvalue weighted by Gasteiger charge is 2.46. The standard InChI is InChI=1S/C19H22N2O2/c1-13-9-15-14(2)3-6-20-17(15)16(10-13)18(22)21-7-8-23-12-19(11-21)4-5-19/h3,6,9-10H,4-5,7-8,11-12H2,1-2H3. The number of hydrogen-bond donors (Lipinski definition) is 0. The van der Waals surface area contributed by atoms with Gasteiger partial charge in [0.2, 0.25) is 0 Å². The molecule has 23 heavy (non-hydrogen) atoms. The predicted molar refractivity (Wildman–Crippen MR) is 89.6 cm³/mol. The Hall–Kier alpha value is -1.94. The van der Waals surface area contributed by atoms with E-state index in [-0.39, 0.29) is 11.3 Å². The number of hydrogen-bond acceptors (Lipinski definition) is 3. The fourth-order valence-corrected chi connectivity index (χ4v) is 3.51. The highest BCUT2D eigenvalue weighted by atomic mass is 16.5. The van der Waals surface area contributed by atoms with Crippen molar-refractivity contribution in [3.8, 4) is 0 Å². The molecular weight excluding hydrogens is 288 g/mol. The highest BCUT2D eigenvalue weighted by Crippen LogP contribution is 2.47. The van der Waals surface area contributed by atoms with Crippen LogP contribution in [-0.4, -0.2) is 42.1 Å². The van der Waals surface area contributed by atoms with E-state index in [1.807, 2.05) is 24.0 Å². The number of ether oxygens (including phenoxy) is 1. The first-order valence-corrected chi connectivity index (χ1v) is 8.31. The normalized spacial score (nSPS) is 19.8. The summed E-state index contributed by atoms with van der Waals surface area (Å²) < 4.78 is 5.71. The third-order valence-corrected chi connectivity index (χ3v) is 5.12. The summed E-state index contributed by atoms with van der Waals surface area (Å²) in [5, 5.41) is 1.07. The van der Waals surface area contributed by atoms with E-state index in [0.29, 0.717) is 13.2 Å². The van der Waals surface area contributed by atoms with Gasteiger partial charge in [-0.15, -0.1) is 0 Å². The van der Waals surface area contributed by atoms with Gasteiger partial charge in [0.1, 0.15) is 0 Å². The van der Waals surface area contributed by atoms with E-state index in [9.17, 15) is 4.79 Å². The van der Waals surface area contributed by atoms with Gasteiger partial charge < -0.3 is 9.64 Å². The van der Waals surface area contributed by atoms with Crippen LogP contribution in [0.1, 0.15) is 34.3 Å². The Bertz CT molecular complexity index is 780. The first kappa shape index (κ1) is 14.6. The van der Waals surface area contributed by atoms with Crippen molar-refractivity contribution in [2.75, 3.05) is 26.3 Å². The van der Waals surface area contributed by atoms with Crippen LogP contribution >= 0.6 is 0 Å². The van der Waals surface area contributed by atoms with Crippen molar-refractivity contribution in [3.05, 3.63) is 41.1 Å². The van der Waals surface area contributed by atoms with Crippen LogP contribution in [0.5, 0.6) is 0 Å². The number of benzene rings is 1. The number of rotatable bonds is 1. The second-order valence-corrected chi connectivity index (χ2v) is 7.12. The largest absolute Gasteiger partial charge is 0.379 e. The summed E-state index contributed by atoms with van der Waals surface area (Å²) in [5.41, 5.74) is 4.02. The lowest BCUT2D eigenvalue weighted by Crippen LogP contribution is -2.36. The van der Waals surface area contributed by atoms with Crippen molar-refractivity contribution in [2.24, 2.45) is 5.41 Å². The van der Waals surface area contributed by atoms with Gasteiger partial charge in [0.05, 0.1) is 24.3 Å². The fraction of sp³-hybridized carbons (Fsp3) is 0.474. The zero-order valence-corrected chi connectivity index (χ0v) is 13.8. The van der Waals surface area contributed by atoms with E-state index in [1.165, 1.54) is 12.8 Å². The average molecular weight is 310 g/mol. The molecule has 0 bridgehead atoms. The zero-order valence-electron chi connectivity index (χ0n) is 13.8. The van der Waals surface area contributed by atoms with Gasteiger partial charge in [0.25, 0.3) is 5.91 Å². The fourth-order valence-electron chi connectivity index (χ4n) is 3.51. The maximum Gasteiger partial charge on any atom is 0.256 e. The number of fused-ring (bicyclic) bond motifs is 1. The SMILES string of the molecule is Cc1cc(C(=O)N2CCOCC3(CC3)C2)c2nccc(C)c2c1. The topological polar surface area (TPSA) is 42.4 Å². The number of carbonyl (C=O) groups is 1. The van der Waals surface area contributed by atoms with Crippen LogP contribution in [0.25, 0.3) is 10.9 Å². The minimum atomic E-state index is 0.0913. The second-order valence-electron chi connectivity index (χ2n) is 7.12. The van der Waals surface area contributed by atoms with Crippen molar-refractivity contribution in [2.45, 2.75) is 26.7 Å². The Kier molecular flexibility index (Phi) is 3.38. The van der Waals surface area contributed by atoms with E-state index in [4.69, 9.17) is 4.74 Å². The number of pyridine rings is 1. The zero-order chi connectivity index (χ0) is 16.0. The Balaban J connectivity index is 1.76. The molecule has 4 rings (SSSR count). The molecule has 1 amide bonds. The molecule has 2 heterocycles. The molecule has 0 unspecified atom stereocenters. The van der Waals surface area contributed by atoms with Gasteiger partial charge in [-0.05, 0) is 56.0 Å². The molecule has 0 atom stereocenters. The third kappa shape index (κ3) is 2.61. The highest BCUT2D eigenvalue weighted by molar-refractivity contribution is 6.06. The molecular formula is C19H22N2O2. The van der Waals surface area contributed by atoms with Crippen LogP contribution in [-0.2, 0) is 4.74 Å². The van der Waals surface area contributed by atoms with Crippen molar-refractivity contribution >= 4 is 16.8 Å². The number of amides is 1. The molecule has 1 aromatic carbocycles. The quantitative estimate of drug-likeness (QED) is 0.813. The lowest BCUT2D eigenvalue weighted by atomic mass is 10.0. The Morgan fingerprint density at radius 2 is 2.13 bits per heavy atom. The van der Waals surface area contributed by atoms with Crippen LogP contribution in [0, 0.1) is 19.3 Å². The van der Waals surface area contributed by atoms with Gasteiger partial charge in [-0.2, -0.15) is 0 Å². The summed E-state index contributed by atoms with van der Waals surface area (Å²) in [7, 11) is 0. The van der Waals surface area contributed by atoms with Crippen LogP contribution in [0.2, 0.25) is 0 Å². The molecule has 1 aromatic heterocycles. The van der Waals surface area contributed by atoms with Gasteiger partial charge in [-0.1, -0.05) is 0 Å². The molecule has 1 aliphatic heterocycles. The van der Waals surface area contributed by atoms with Gasteiger partial charge in [0.15, 0.2) is 0 Å². The molecule has 1 aliphatic carbocycles. The molecule has 120 valence electrons. The van der Waals surface area contributed by atoms with E-state index in [1.54, 1.807) is 6.20 Å². The molecule has 1 saturated heterocycles. The smallest absolute Gasteiger partial charge is 0.256 e. The number of carbonyl (C=O) groups excluding carboxylic acids is 1. The van der Waals surface area contributed by atoms with Crippen molar-refractivity contribution < 1.29 is 9.53 Å². The van der Waals surface area contributed by atoms with Gasteiger partial charge in [-0.3, -0.25) is 9.78 Å². The third-order valence-electron chi connectivity index (χ3n) is 5.12. The molecule has 0 radical (unpaired) electrons.